The lowest BCUT2D eigenvalue weighted by Crippen LogP contribution is -2.49. The van der Waals surface area contributed by atoms with Gasteiger partial charge in [0.25, 0.3) is 0 Å². The minimum atomic E-state index is -3.84. The molecule has 2 aliphatic heterocycles. The molecule has 4 aromatic carbocycles. The highest BCUT2D eigenvalue weighted by Gasteiger charge is 2.43. The van der Waals surface area contributed by atoms with Gasteiger partial charge in [-0.2, -0.15) is 4.31 Å². The first-order chi connectivity index (χ1) is 17.9. The number of hydrogen-bond donors (Lipinski definition) is 0. The summed E-state index contributed by atoms with van der Waals surface area (Å²) in [5.41, 5.74) is 1.91. The van der Waals surface area contributed by atoms with Gasteiger partial charge in [0.1, 0.15) is 6.04 Å². The molecule has 1 saturated heterocycles. The van der Waals surface area contributed by atoms with E-state index in [1.165, 1.54) is 4.31 Å². The van der Waals surface area contributed by atoms with Crippen molar-refractivity contribution in [1.82, 2.24) is 4.31 Å². The highest BCUT2D eigenvalue weighted by molar-refractivity contribution is 7.99. The van der Waals surface area contributed by atoms with Crippen LogP contribution in [0.15, 0.2) is 101 Å². The fourth-order valence-electron chi connectivity index (χ4n) is 5.21. The van der Waals surface area contributed by atoms with Gasteiger partial charge >= 0.3 is 0 Å². The molecule has 2 heterocycles. The quantitative estimate of drug-likeness (QED) is 0.291. The van der Waals surface area contributed by atoms with E-state index in [0.29, 0.717) is 31.0 Å². The number of hydrogen-bond acceptors (Lipinski definition) is 4. The molecule has 8 heteroatoms. The van der Waals surface area contributed by atoms with Crippen molar-refractivity contribution >= 4 is 55.8 Å². The van der Waals surface area contributed by atoms with Crippen LogP contribution in [-0.4, -0.2) is 37.8 Å². The van der Waals surface area contributed by atoms with Crippen molar-refractivity contribution in [3.63, 3.8) is 0 Å². The molecule has 37 heavy (non-hydrogen) atoms. The Morgan fingerprint density at radius 2 is 1.62 bits per heavy atom. The van der Waals surface area contributed by atoms with Gasteiger partial charge in [-0.1, -0.05) is 66.2 Å². The van der Waals surface area contributed by atoms with E-state index < -0.39 is 16.1 Å². The van der Waals surface area contributed by atoms with Gasteiger partial charge in [-0.05, 0) is 65.6 Å². The van der Waals surface area contributed by atoms with Crippen molar-refractivity contribution in [2.45, 2.75) is 33.9 Å². The first-order valence-corrected chi connectivity index (χ1v) is 14.9. The lowest BCUT2D eigenvalue weighted by Gasteiger charge is -2.37. The molecule has 0 N–H and O–H groups in total. The first-order valence-electron chi connectivity index (χ1n) is 12.2. The molecule has 0 unspecified atom stereocenters. The monoisotopic (exact) mass is 548 g/mol. The number of carbonyl (C=O) groups excluding carboxylic acids is 1. The van der Waals surface area contributed by atoms with Gasteiger partial charge in [-0.15, -0.1) is 11.8 Å². The van der Waals surface area contributed by atoms with E-state index in [2.05, 4.69) is 0 Å². The maximum Gasteiger partial charge on any atom is 0.245 e. The summed E-state index contributed by atoms with van der Waals surface area (Å²) in [5.74, 6) is -0.173. The second-order valence-electron chi connectivity index (χ2n) is 9.36. The van der Waals surface area contributed by atoms with E-state index in [4.69, 9.17) is 11.6 Å². The summed E-state index contributed by atoms with van der Waals surface area (Å²) in [6, 6.07) is 27.6. The summed E-state index contributed by atoms with van der Waals surface area (Å²) in [6.45, 7) is 0.791. The average molecular weight is 549 g/mol. The number of nitrogens with zero attached hydrogens (tertiary/aromatic N) is 2. The number of carbonyl (C=O) groups is 1. The Labute approximate surface area is 226 Å². The third-order valence-electron chi connectivity index (χ3n) is 7.10. The van der Waals surface area contributed by atoms with Crippen LogP contribution in [0.4, 0.5) is 5.69 Å². The van der Waals surface area contributed by atoms with E-state index in [1.807, 2.05) is 78.9 Å². The van der Waals surface area contributed by atoms with Crippen molar-refractivity contribution in [2.75, 3.05) is 18.0 Å². The zero-order valence-corrected chi connectivity index (χ0v) is 22.3. The number of sulfonamides is 1. The predicted octanol–water partition coefficient (Wildman–Crippen LogP) is 6.53. The predicted molar refractivity (Wildman–Crippen MR) is 150 cm³/mol. The number of halogens is 1. The Bertz CT molecular complexity index is 1590. The van der Waals surface area contributed by atoms with Crippen molar-refractivity contribution in [1.29, 1.82) is 0 Å². The molecule has 0 aliphatic carbocycles. The Kier molecular flexibility index (Phi) is 6.49. The summed E-state index contributed by atoms with van der Waals surface area (Å²) >= 11 is 7.82. The average Bonchev–Trinajstić information content (AvgIpc) is 3.43. The van der Waals surface area contributed by atoms with E-state index in [-0.39, 0.29) is 16.1 Å². The minimum Gasteiger partial charge on any atom is -0.308 e. The van der Waals surface area contributed by atoms with Crippen LogP contribution >= 0.6 is 23.4 Å². The van der Waals surface area contributed by atoms with Crippen LogP contribution in [0.25, 0.3) is 10.8 Å². The smallest absolute Gasteiger partial charge is 0.245 e. The van der Waals surface area contributed by atoms with Crippen LogP contribution in [-0.2, 0) is 14.8 Å². The van der Waals surface area contributed by atoms with Crippen molar-refractivity contribution in [3.8, 4) is 0 Å². The lowest BCUT2D eigenvalue weighted by atomic mass is 10.1. The van der Waals surface area contributed by atoms with Crippen molar-refractivity contribution < 1.29 is 13.2 Å². The maximum absolute atomic E-state index is 14.1. The molecule has 0 saturated carbocycles. The number of benzene rings is 4. The number of rotatable bonds is 4. The number of thioether (sulfide) groups is 1. The standard InChI is InChI=1S/C29H25ClN2O3S2/c30-23-14-11-21(12-15-23)28-19-31(25-8-3-4-10-27(25)36-28)29(33)26-9-5-17-32(26)37(34,35)24-16-13-20-6-1-2-7-22(20)18-24/h1-4,6-8,10-16,18,26,28H,5,9,17,19H2/t26-,28-/m0/s1. The topological polar surface area (TPSA) is 57.7 Å². The molecule has 2 aliphatic rings. The van der Waals surface area contributed by atoms with Gasteiger partial charge in [-0.25, -0.2) is 8.42 Å². The molecule has 0 aromatic heterocycles. The van der Waals surface area contributed by atoms with E-state index >= 15 is 0 Å². The molecule has 0 spiro atoms. The summed E-state index contributed by atoms with van der Waals surface area (Å²) in [6.07, 6.45) is 1.15. The van der Waals surface area contributed by atoms with Crippen LogP contribution in [0.2, 0.25) is 5.02 Å². The van der Waals surface area contributed by atoms with Crippen LogP contribution in [0.3, 0.4) is 0 Å². The summed E-state index contributed by atoms with van der Waals surface area (Å²) in [7, 11) is -3.84. The third-order valence-corrected chi connectivity index (χ3v) is 10.6. The molecule has 188 valence electrons. The number of para-hydroxylation sites is 1. The molecular weight excluding hydrogens is 524 g/mol. The van der Waals surface area contributed by atoms with Crippen molar-refractivity contribution in [3.05, 3.63) is 102 Å². The first kappa shape index (κ1) is 24.5. The number of anilines is 1. The molecule has 1 fully saturated rings. The highest BCUT2D eigenvalue weighted by Crippen LogP contribution is 2.46. The SMILES string of the molecule is O=C([C@@H]1CCCN1S(=O)(=O)c1ccc2ccccc2c1)N1C[C@@H](c2ccc(Cl)cc2)Sc2ccccc21. The Morgan fingerprint density at radius 3 is 2.43 bits per heavy atom. The van der Waals surface area contributed by atoms with Crippen LogP contribution in [0.5, 0.6) is 0 Å². The van der Waals surface area contributed by atoms with E-state index in [1.54, 1.807) is 28.8 Å². The summed E-state index contributed by atoms with van der Waals surface area (Å²) in [5, 5.41) is 2.52. The number of fused-ring (bicyclic) bond motifs is 2. The van der Waals surface area contributed by atoms with Gasteiger partial charge in [0, 0.05) is 23.0 Å². The third kappa shape index (κ3) is 4.55. The van der Waals surface area contributed by atoms with Gasteiger partial charge in [-0.3, -0.25) is 4.79 Å². The molecule has 1 amide bonds. The highest BCUT2D eigenvalue weighted by atomic mass is 35.5. The van der Waals surface area contributed by atoms with E-state index in [9.17, 15) is 13.2 Å². The van der Waals surface area contributed by atoms with Gasteiger partial charge in [0.05, 0.1) is 15.8 Å². The second-order valence-corrected chi connectivity index (χ2v) is 12.9. The second kappa shape index (κ2) is 9.80. The van der Waals surface area contributed by atoms with Gasteiger partial charge in [0.15, 0.2) is 0 Å². The Balaban J connectivity index is 1.33. The minimum absolute atomic E-state index is 0.0167. The summed E-state index contributed by atoms with van der Waals surface area (Å²) < 4.78 is 29.0. The largest absolute Gasteiger partial charge is 0.308 e. The zero-order valence-electron chi connectivity index (χ0n) is 20.0. The van der Waals surface area contributed by atoms with Crippen molar-refractivity contribution in [2.24, 2.45) is 0 Å². The Hall–Kier alpha value is -2.84. The fourth-order valence-corrected chi connectivity index (χ4v) is 8.30. The summed E-state index contributed by atoms with van der Waals surface area (Å²) in [4.78, 5) is 17.1. The lowest BCUT2D eigenvalue weighted by molar-refractivity contribution is -0.121. The molecular formula is C29H25ClN2O3S2. The van der Waals surface area contributed by atoms with Gasteiger partial charge in [0.2, 0.25) is 15.9 Å². The molecule has 0 bridgehead atoms. The Morgan fingerprint density at radius 1 is 0.892 bits per heavy atom. The van der Waals surface area contributed by atoms with Crippen LogP contribution < -0.4 is 4.90 Å². The molecule has 0 radical (unpaired) electrons. The molecule has 6 rings (SSSR count). The van der Waals surface area contributed by atoms with Crippen LogP contribution in [0.1, 0.15) is 23.7 Å². The molecule has 4 aromatic rings. The van der Waals surface area contributed by atoms with Gasteiger partial charge < -0.3 is 4.90 Å². The molecule has 2 atom stereocenters. The molecule has 5 nitrogen and oxygen atoms in total. The zero-order chi connectivity index (χ0) is 25.6. The number of amides is 1. The van der Waals surface area contributed by atoms with Crippen LogP contribution in [0, 0.1) is 0 Å². The van der Waals surface area contributed by atoms with E-state index in [0.717, 1.165) is 26.9 Å². The maximum atomic E-state index is 14.1. The normalized spacial score (nSPS) is 20.2. The fraction of sp³-hybridized carbons (Fsp3) is 0.207.